The number of nitrogens with zero attached hydrogens (tertiary/aromatic N) is 1. The standard InChI is InChI=1S/C28H31N3O4/c1-28(2,14-12-21(32)18-34-25-5-3-4-24-23(25)13-15-30-24)16-19-6-9-22(10-7-19)35-26-11-8-20(17-31-26)27(29)33/h3-11,13,15,17,21,30,32H,12,14,16,18H2,1-2H3,(H2,29,33)/t21-/m0/s1. The molecule has 0 spiro atoms. The van der Waals surface area contributed by atoms with Crippen molar-refractivity contribution in [3.8, 4) is 17.4 Å². The van der Waals surface area contributed by atoms with Gasteiger partial charge in [-0.2, -0.15) is 0 Å². The second-order valence-corrected chi connectivity index (χ2v) is 9.53. The first kappa shape index (κ1) is 24.3. The summed E-state index contributed by atoms with van der Waals surface area (Å²) >= 11 is 0. The normalized spacial score (nSPS) is 12.4. The number of amides is 1. The quantitative estimate of drug-likeness (QED) is 0.276. The summed E-state index contributed by atoms with van der Waals surface area (Å²) in [6.45, 7) is 4.67. The van der Waals surface area contributed by atoms with Crippen LogP contribution in [-0.2, 0) is 6.42 Å². The molecule has 35 heavy (non-hydrogen) atoms. The average molecular weight is 474 g/mol. The molecule has 0 aliphatic carbocycles. The number of hydrogen-bond acceptors (Lipinski definition) is 5. The Balaban J connectivity index is 1.25. The van der Waals surface area contributed by atoms with Gasteiger partial charge in [0.05, 0.1) is 11.7 Å². The van der Waals surface area contributed by atoms with Gasteiger partial charge in [-0.3, -0.25) is 4.79 Å². The lowest BCUT2D eigenvalue weighted by molar-refractivity contribution is 0.0877. The van der Waals surface area contributed by atoms with Gasteiger partial charge in [0.25, 0.3) is 0 Å². The van der Waals surface area contributed by atoms with Crippen LogP contribution < -0.4 is 15.2 Å². The zero-order valence-electron chi connectivity index (χ0n) is 20.0. The molecule has 1 amide bonds. The van der Waals surface area contributed by atoms with Gasteiger partial charge in [-0.25, -0.2) is 4.98 Å². The summed E-state index contributed by atoms with van der Waals surface area (Å²) in [7, 11) is 0. The fourth-order valence-corrected chi connectivity index (χ4v) is 4.03. The maximum Gasteiger partial charge on any atom is 0.250 e. The van der Waals surface area contributed by atoms with E-state index >= 15 is 0 Å². The van der Waals surface area contributed by atoms with Crippen molar-refractivity contribution in [2.75, 3.05) is 6.61 Å². The van der Waals surface area contributed by atoms with E-state index in [1.54, 1.807) is 12.1 Å². The Morgan fingerprint density at radius 2 is 1.91 bits per heavy atom. The Morgan fingerprint density at radius 3 is 2.63 bits per heavy atom. The minimum absolute atomic E-state index is 0.0101. The number of primary amides is 1. The third-order valence-electron chi connectivity index (χ3n) is 5.99. The van der Waals surface area contributed by atoms with Crippen molar-refractivity contribution in [3.63, 3.8) is 0 Å². The molecule has 0 bridgehead atoms. The highest BCUT2D eigenvalue weighted by Gasteiger charge is 2.21. The molecule has 2 aromatic carbocycles. The predicted octanol–water partition coefficient (Wildman–Crippen LogP) is 5.24. The lowest BCUT2D eigenvalue weighted by Gasteiger charge is -2.26. The van der Waals surface area contributed by atoms with Crippen LogP contribution >= 0.6 is 0 Å². The molecular weight excluding hydrogens is 442 g/mol. The number of H-pyrrole nitrogens is 1. The minimum Gasteiger partial charge on any atom is -0.490 e. The van der Waals surface area contributed by atoms with Gasteiger partial charge in [-0.15, -0.1) is 0 Å². The van der Waals surface area contributed by atoms with Gasteiger partial charge in [-0.05, 0) is 66.6 Å². The van der Waals surface area contributed by atoms with Gasteiger partial charge >= 0.3 is 0 Å². The van der Waals surface area contributed by atoms with Crippen molar-refractivity contribution >= 4 is 16.8 Å². The lowest BCUT2D eigenvalue weighted by atomic mass is 9.81. The number of benzene rings is 2. The predicted molar refractivity (Wildman–Crippen MR) is 136 cm³/mol. The van der Waals surface area contributed by atoms with Crippen LogP contribution in [0, 0.1) is 5.41 Å². The van der Waals surface area contributed by atoms with Crippen LogP contribution in [0.25, 0.3) is 10.9 Å². The highest BCUT2D eigenvalue weighted by atomic mass is 16.5. The number of hydrogen-bond donors (Lipinski definition) is 3. The Bertz CT molecular complexity index is 1260. The van der Waals surface area contributed by atoms with Crippen LogP contribution in [0.4, 0.5) is 0 Å². The molecule has 182 valence electrons. The van der Waals surface area contributed by atoms with E-state index in [9.17, 15) is 9.90 Å². The Labute approximate surface area is 204 Å². The molecule has 0 saturated heterocycles. The number of rotatable bonds is 11. The van der Waals surface area contributed by atoms with Crippen LogP contribution in [0.2, 0.25) is 0 Å². The molecule has 7 nitrogen and oxygen atoms in total. The minimum atomic E-state index is -0.535. The van der Waals surface area contributed by atoms with Gasteiger partial charge < -0.3 is 25.3 Å². The fourth-order valence-electron chi connectivity index (χ4n) is 4.03. The van der Waals surface area contributed by atoms with Gasteiger partial charge in [0, 0.05) is 29.4 Å². The summed E-state index contributed by atoms with van der Waals surface area (Å²) in [6, 6.07) is 18.9. The lowest BCUT2D eigenvalue weighted by Crippen LogP contribution is -2.22. The Morgan fingerprint density at radius 1 is 1.11 bits per heavy atom. The first-order valence-corrected chi connectivity index (χ1v) is 11.7. The first-order valence-electron chi connectivity index (χ1n) is 11.7. The molecule has 0 saturated carbocycles. The van der Waals surface area contributed by atoms with E-state index in [4.69, 9.17) is 15.2 Å². The number of pyridine rings is 1. The maximum atomic E-state index is 11.2. The number of aliphatic hydroxyl groups excluding tert-OH is 1. The zero-order valence-corrected chi connectivity index (χ0v) is 20.0. The summed E-state index contributed by atoms with van der Waals surface area (Å²) in [6.07, 6.45) is 5.14. The molecule has 0 aliphatic heterocycles. The van der Waals surface area contributed by atoms with Crippen molar-refractivity contribution in [3.05, 3.63) is 84.2 Å². The Kier molecular flexibility index (Phi) is 7.36. The SMILES string of the molecule is CC(C)(CC[C@H](O)COc1cccc2[nH]ccc12)Cc1ccc(Oc2ccc(C(N)=O)cn2)cc1. The molecule has 0 fully saturated rings. The summed E-state index contributed by atoms with van der Waals surface area (Å²) in [4.78, 5) is 18.4. The van der Waals surface area contributed by atoms with E-state index in [0.29, 0.717) is 23.6 Å². The number of carbonyl (C=O) groups excluding carboxylic acids is 1. The van der Waals surface area contributed by atoms with E-state index in [1.165, 1.54) is 11.8 Å². The maximum absolute atomic E-state index is 11.2. The van der Waals surface area contributed by atoms with Gasteiger partial charge in [0.2, 0.25) is 11.8 Å². The summed E-state index contributed by atoms with van der Waals surface area (Å²) in [5.41, 5.74) is 7.79. The number of aromatic nitrogens is 2. The third-order valence-corrected chi connectivity index (χ3v) is 5.99. The van der Waals surface area contributed by atoms with Crippen LogP contribution in [0.3, 0.4) is 0 Å². The number of carbonyl (C=O) groups is 1. The van der Waals surface area contributed by atoms with E-state index in [2.05, 4.69) is 23.8 Å². The number of aliphatic hydroxyl groups is 1. The van der Waals surface area contributed by atoms with Crippen molar-refractivity contribution < 1.29 is 19.4 Å². The summed E-state index contributed by atoms with van der Waals surface area (Å²) in [5.74, 6) is 1.32. The van der Waals surface area contributed by atoms with Crippen molar-refractivity contribution in [1.82, 2.24) is 9.97 Å². The molecule has 0 unspecified atom stereocenters. The molecule has 4 N–H and O–H groups in total. The second-order valence-electron chi connectivity index (χ2n) is 9.53. The van der Waals surface area contributed by atoms with E-state index in [1.807, 2.05) is 54.7 Å². The third kappa shape index (κ3) is 6.61. The van der Waals surface area contributed by atoms with Crippen molar-refractivity contribution in [2.24, 2.45) is 11.1 Å². The van der Waals surface area contributed by atoms with Crippen LogP contribution in [0.1, 0.15) is 42.6 Å². The molecule has 4 rings (SSSR count). The number of fused-ring (bicyclic) bond motifs is 1. The number of nitrogens with two attached hydrogens (primary N) is 1. The molecule has 2 heterocycles. The van der Waals surface area contributed by atoms with E-state index in [0.717, 1.165) is 29.5 Å². The average Bonchev–Trinajstić information content (AvgIpc) is 3.32. The van der Waals surface area contributed by atoms with Gasteiger partial charge in [-0.1, -0.05) is 32.0 Å². The molecule has 1 atom stereocenters. The largest absolute Gasteiger partial charge is 0.490 e. The smallest absolute Gasteiger partial charge is 0.250 e. The van der Waals surface area contributed by atoms with Gasteiger partial charge in [0.1, 0.15) is 18.1 Å². The molecule has 0 aliphatic rings. The molecule has 0 radical (unpaired) electrons. The van der Waals surface area contributed by atoms with Crippen molar-refractivity contribution in [1.29, 1.82) is 0 Å². The van der Waals surface area contributed by atoms with Crippen LogP contribution in [0.5, 0.6) is 17.4 Å². The number of nitrogens with one attached hydrogen (secondary N) is 1. The molecule has 7 heteroatoms. The highest BCUT2D eigenvalue weighted by molar-refractivity contribution is 5.92. The second kappa shape index (κ2) is 10.6. The topological polar surface area (TPSA) is 110 Å². The monoisotopic (exact) mass is 473 g/mol. The Hall–Kier alpha value is -3.84. The molecular formula is C28H31N3O4. The fraction of sp³-hybridized carbons (Fsp3) is 0.286. The molecule has 2 aromatic heterocycles. The highest BCUT2D eigenvalue weighted by Crippen LogP contribution is 2.30. The van der Waals surface area contributed by atoms with Crippen LogP contribution in [-0.4, -0.2) is 33.7 Å². The van der Waals surface area contributed by atoms with Gasteiger partial charge in [0.15, 0.2) is 0 Å². The number of ether oxygens (including phenoxy) is 2. The summed E-state index contributed by atoms with van der Waals surface area (Å²) in [5, 5.41) is 11.5. The first-order chi connectivity index (χ1) is 16.8. The summed E-state index contributed by atoms with van der Waals surface area (Å²) < 4.78 is 11.6. The zero-order chi connectivity index (χ0) is 24.8. The van der Waals surface area contributed by atoms with E-state index in [-0.39, 0.29) is 12.0 Å². The van der Waals surface area contributed by atoms with Crippen LogP contribution in [0.15, 0.2) is 73.1 Å². The molecule has 4 aromatic rings. The van der Waals surface area contributed by atoms with Crippen molar-refractivity contribution in [2.45, 2.75) is 39.2 Å². The number of aromatic amines is 1. The van der Waals surface area contributed by atoms with E-state index < -0.39 is 12.0 Å².